The van der Waals surface area contributed by atoms with Crippen LogP contribution >= 0.6 is 11.5 Å². The third-order valence-electron chi connectivity index (χ3n) is 1.64. The molecule has 1 aromatic rings. The molecule has 0 aliphatic carbocycles. The SMILES string of the molecule is OC(CCCC(F)(F)F)c1cnns1. The maximum atomic E-state index is 11.7. The van der Waals surface area contributed by atoms with Gasteiger partial charge in [-0.1, -0.05) is 4.49 Å². The highest BCUT2D eigenvalue weighted by atomic mass is 32.1. The van der Waals surface area contributed by atoms with Crippen molar-refractivity contribution in [1.82, 2.24) is 9.59 Å². The van der Waals surface area contributed by atoms with Crippen molar-refractivity contribution < 1.29 is 18.3 Å². The molecule has 1 atom stereocenters. The van der Waals surface area contributed by atoms with Gasteiger partial charge in [-0.3, -0.25) is 0 Å². The van der Waals surface area contributed by atoms with Crippen LogP contribution in [0, 0.1) is 0 Å². The van der Waals surface area contributed by atoms with E-state index in [1.54, 1.807) is 0 Å². The molecule has 0 radical (unpaired) electrons. The number of hydrogen-bond donors (Lipinski definition) is 1. The zero-order valence-corrected chi connectivity index (χ0v) is 7.98. The van der Waals surface area contributed by atoms with Crippen LogP contribution in [0.15, 0.2) is 6.20 Å². The van der Waals surface area contributed by atoms with Crippen molar-refractivity contribution in [1.29, 1.82) is 0 Å². The van der Waals surface area contributed by atoms with Gasteiger partial charge in [0.1, 0.15) is 0 Å². The third kappa shape index (κ3) is 4.01. The van der Waals surface area contributed by atoms with E-state index >= 15 is 0 Å². The average molecular weight is 226 g/mol. The molecule has 1 heterocycles. The second kappa shape index (κ2) is 4.70. The van der Waals surface area contributed by atoms with Crippen LogP contribution in [0.1, 0.15) is 30.2 Å². The first-order valence-electron chi connectivity index (χ1n) is 4.01. The molecular formula is C7H9F3N2OS. The van der Waals surface area contributed by atoms with E-state index < -0.39 is 18.7 Å². The molecule has 0 fully saturated rings. The van der Waals surface area contributed by atoms with Crippen LogP contribution in [0.2, 0.25) is 0 Å². The van der Waals surface area contributed by atoms with Crippen LogP contribution in [0.3, 0.4) is 0 Å². The topological polar surface area (TPSA) is 46.0 Å². The van der Waals surface area contributed by atoms with Crippen molar-refractivity contribution in [2.24, 2.45) is 0 Å². The molecule has 1 unspecified atom stereocenters. The second-order valence-corrected chi connectivity index (χ2v) is 3.66. The Labute approximate surface area is 82.7 Å². The van der Waals surface area contributed by atoms with Gasteiger partial charge in [-0.15, -0.1) is 5.10 Å². The van der Waals surface area contributed by atoms with Crippen LogP contribution in [-0.2, 0) is 0 Å². The van der Waals surface area contributed by atoms with Gasteiger partial charge < -0.3 is 5.11 Å². The zero-order valence-electron chi connectivity index (χ0n) is 7.16. The normalized spacial score (nSPS) is 14.3. The predicted molar refractivity (Wildman–Crippen MR) is 44.8 cm³/mol. The summed E-state index contributed by atoms with van der Waals surface area (Å²) in [4.78, 5) is 0.507. The van der Waals surface area contributed by atoms with Crippen molar-refractivity contribution >= 4 is 11.5 Å². The van der Waals surface area contributed by atoms with Gasteiger partial charge in [-0.05, 0) is 24.4 Å². The summed E-state index contributed by atoms with van der Waals surface area (Å²) in [6, 6.07) is 0. The second-order valence-electron chi connectivity index (χ2n) is 2.84. The van der Waals surface area contributed by atoms with Crippen molar-refractivity contribution in [3.05, 3.63) is 11.1 Å². The van der Waals surface area contributed by atoms with E-state index in [4.69, 9.17) is 0 Å². The molecule has 1 rings (SSSR count). The van der Waals surface area contributed by atoms with Crippen LogP contribution < -0.4 is 0 Å². The van der Waals surface area contributed by atoms with Gasteiger partial charge in [-0.25, -0.2) is 0 Å². The van der Waals surface area contributed by atoms with E-state index in [0.717, 1.165) is 11.5 Å². The first kappa shape index (κ1) is 11.4. The van der Waals surface area contributed by atoms with E-state index in [1.165, 1.54) is 6.20 Å². The summed E-state index contributed by atoms with van der Waals surface area (Å²) in [6.07, 6.45) is -4.52. The highest BCUT2D eigenvalue weighted by Crippen LogP contribution is 2.26. The van der Waals surface area contributed by atoms with Crippen molar-refractivity contribution in [2.45, 2.75) is 31.5 Å². The molecule has 0 spiro atoms. The van der Waals surface area contributed by atoms with E-state index in [1.807, 2.05) is 0 Å². The Morgan fingerprint density at radius 1 is 1.50 bits per heavy atom. The molecule has 0 saturated heterocycles. The summed E-state index contributed by atoms with van der Waals surface area (Å²) in [6.45, 7) is 0. The highest BCUT2D eigenvalue weighted by Gasteiger charge is 2.26. The Bertz CT molecular complexity index is 262. The van der Waals surface area contributed by atoms with Crippen molar-refractivity contribution in [3.8, 4) is 0 Å². The molecule has 14 heavy (non-hydrogen) atoms. The number of hydrogen-bond acceptors (Lipinski definition) is 4. The largest absolute Gasteiger partial charge is 0.389 e. The average Bonchev–Trinajstić information content (AvgIpc) is 2.53. The molecule has 0 bridgehead atoms. The van der Waals surface area contributed by atoms with E-state index in [9.17, 15) is 18.3 Å². The Morgan fingerprint density at radius 3 is 2.71 bits per heavy atom. The Balaban J connectivity index is 2.26. The Kier molecular flexibility index (Phi) is 3.82. The van der Waals surface area contributed by atoms with Crippen LogP contribution in [0.4, 0.5) is 13.2 Å². The minimum atomic E-state index is -4.15. The Morgan fingerprint density at radius 2 is 2.21 bits per heavy atom. The third-order valence-corrected chi connectivity index (χ3v) is 2.41. The molecule has 0 aliphatic rings. The fourth-order valence-corrected chi connectivity index (χ4v) is 1.48. The molecule has 1 N–H and O–H groups in total. The maximum Gasteiger partial charge on any atom is 0.389 e. The van der Waals surface area contributed by atoms with Gasteiger partial charge in [0.2, 0.25) is 0 Å². The van der Waals surface area contributed by atoms with Crippen LogP contribution in [-0.4, -0.2) is 20.9 Å². The van der Waals surface area contributed by atoms with Crippen molar-refractivity contribution in [2.75, 3.05) is 0 Å². The molecule has 7 heteroatoms. The summed E-state index contributed by atoms with van der Waals surface area (Å²) in [7, 11) is 0. The van der Waals surface area contributed by atoms with Crippen LogP contribution in [0.5, 0.6) is 0 Å². The summed E-state index contributed by atoms with van der Waals surface area (Å²) >= 11 is 0.997. The number of rotatable bonds is 4. The van der Waals surface area contributed by atoms with Gasteiger partial charge in [0.05, 0.1) is 17.2 Å². The van der Waals surface area contributed by atoms with E-state index in [2.05, 4.69) is 9.59 Å². The van der Waals surface area contributed by atoms with Gasteiger partial charge in [-0.2, -0.15) is 13.2 Å². The quantitative estimate of drug-likeness (QED) is 0.856. The smallest absolute Gasteiger partial charge is 0.387 e. The monoisotopic (exact) mass is 226 g/mol. The number of alkyl halides is 3. The standard InChI is InChI=1S/C7H9F3N2OS/c8-7(9,10)3-1-2-5(13)6-4-11-12-14-6/h4-5,13H,1-3H2. The summed E-state index contributed by atoms with van der Waals surface area (Å²) in [5.74, 6) is 0. The fraction of sp³-hybridized carbons (Fsp3) is 0.714. The molecule has 0 amide bonds. The predicted octanol–water partition coefficient (Wildman–Crippen LogP) is 2.30. The minimum Gasteiger partial charge on any atom is -0.387 e. The molecule has 0 saturated carbocycles. The fourth-order valence-electron chi connectivity index (χ4n) is 0.960. The number of aromatic nitrogens is 2. The van der Waals surface area contributed by atoms with E-state index in [0.29, 0.717) is 4.88 Å². The molecule has 0 aromatic carbocycles. The number of halogens is 3. The van der Waals surface area contributed by atoms with Gasteiger partial charge in [0.25, 0.3) is 0 Å². The number of aliphatic hydroxyl groups excluding tert-OH is 1. The number of nitrogens with zero attached hydrogens (tertiary/aromatic N) is 2. The van der Waals surface area contributed by atoms with Crippen molar-refractivity contribution in [3.63, 3.8) is 0 Å². The molecule has 80 valence electrons. The first-order valence-corrected chi connectivity index (χ1v) is 4.78. The zero-order chi connectivity index (χ0) is 10.6. The number of aliphatic hydroxyl groups is 1. The maximum absolute atomic E-state index is 11.7. The van der Waals surface area contributed by atoms with Crippen LogP contribution in [0.25, 0.3) is 0 Å². The lowest BCUT2D eigenvalue weighted by Crippen LogP contribution is -2.07. The molecular weight excluding hydrogens is 217 g/mol. The summed E-state index contributed by atoms with van der Waals surface area (Å²) < 4.78 is 38.7. The summed E-state index contributed by atoms with van der Waals surface area (Å²) in [5.41, 5.74) is 0. The summed E-state index contributed by atoms with van der Waals surface area (Å²) in [5, 5.41) is 12.9. The van der Waals surface area contributed by atoms with Gasteiger partial charge >= 0.3 is 6.18 Å². The minimum absolute atomic E-state index is 0.0808. The Hall–Kier alpha value is -0.690. The lowest BCUT2D eigenvalue weighted by Gasteiger charge is -2.08. The highest BCUT2D eigenvalue weighted by molar-refractivity contribution is 7.05. The molecule has 0 aliphatic heterocycles. The molecule has 3 nitrogen and oxygen atoms in total. The van der Waals surface area contributed by atoms with E-state index in [-0.39, 0.29) is 12.8 Å². The first-order chi connectivity index (χ1) is 6.49. The van der Waals surface area contributed by atoms with Gasteiger partial charge in [0.15, 0.2) is 0 Å². The van der Waals surface area contributed by atoms with Gasteiger partial charge in [0, 0.05) is 6.42 Å². The lowest BCUT2D eigenvalue weighted by molar-refractivity contribution is -0.136. The molecule has 1 aromatic heterocycles. The lowest BCUT2D eigenvalue weighted by atomic mass is 10.1.